The molecule has 2 atom stereocenters. The third-order valence-corrected chi connectivity index (χ3v) is 4.41. The van der Waals surface area contributed by atoms with Crippen LogP contribution in [0.4, 0.5) is 0 Å². The zero-order chi connectivity index (χ0) is 10.5. The fraction of sp³-hybridized carbons (Fsp3) is 0.778. The molecule has 3 heterocycles. The van der Waals surface area contributed by atoms with Crippen LogP contribution in [0.1, 0.15) is 20.3 Å². The molecule has 3 rings (SSSR count). The number of carboxylic acids is 1. The highest BCUT2D eigenvalue weighted by Crippen LogP contribution is 2.44. The lowest BCUT2D eigenvalue weighted by Crippen LogP contribution is -2.64. The number of piperidine rings is 1. The summed E-state index contributed by atoms with van der Waals surface area (Å²) in [5.74, 6) is -0.943. The molecule has 0 radical (unpaired) electrons. The Hall–Kier alpha value is -0.710. The van der Waals surface area contributed by atoms with Crippen LogP contribution in [0, 0.1) is 0 Å². The number of carbonyl (C=O) groups excluding carboxylic acids is 1. The van der Waals surface area contributed by atoms with Gasteiger partial charge in [0.15, 0.2) is 0 Å². The lowest BCUT2D eigenvalue weighted by molar-refractivity contribution is -0.158. The minimum Gasteiger partial charge on any atom is -0.480 e. The molecule has 3 fully saturated rings. The van der Waals surface area contributed by atoms with Crippen molar-refractivity contribution in [3.8, 4) is 0 Å². The molecule has 2 bridgehead atoms. The number of carbonyl (C=O) groups is 2. The van der Waals surface area contributed by atoms with Crippen LogP contribution in [-0.2, 0) is 9.59 Å². The van der Waals surface area contributed by atoms with E-state index < -0.39 is 11.5 Å². The second-order valence-corrected chi connectivity index (χ2v) is 5.80. The molecular weight excluding hydrogens is 202 g/mol. The van der Waals surface area contributed by atoms with Crippen LogP contribution < -0.4 is 0 Å². The van der Waals surface area contributed by atoms with Crippen molar-refractivity contribution in [2.45, 2.75) is 36.3 Å². The SMILES string of the molecule is CC(C)(C(=O)O)N1CC2CC(S2)C1=O. The number of aliphatic carboxylic acids is 1. The van der Waals surface area contributed by atoms with Gasteiger partial charge in [-0.3, -0.25) is 4.79 Å². The second kappa shape index (κ2) is 2.89. The molecule has 0 saturated carbocycles. The summed E-state index contributed by atoms with van der Waals surface area (Å²) in [6.07, 6.45) is 0.926. The van der Waals surface area contributed by atoms with E-state index in [9.17, 15) is 9.59 Å². The fourth-order valence-electron chi connectivity index (χ4n) is 1.82. The monoisotopic (exact) mass is 215 g/mol. The van der Waals surface area contributed by atoms with E-state index in [4.69, 9.17) is 5.11 Å². The Morgan fingerprint density at radius 1 is 1.64 bits per heavy atom. The van der Waals surface area contributed by atoms with Crippen molar-refractivity contribution in [2.75, 3.05) is 6.54 Å². The van der Waals surface area contributed by atoms with Crippen molar-refractivity contribution in [1.29, 1.82) is 0 Å². The molecule has 1 N–H and O–H groups in total. The Morgan fingerprint density at radius 2 is 2.21 bits per heavy atom. The van der Waals surface area contributed by atoms with Crippen molar-refractivity contribution < 1.29 is 14.7 Å². The highest BCUT2D eigenvalue weighted by molar-refractivity contribution is 8.02. The summed E-state index contributed by atoms with van der Waals surface area (Å²) in [5, 5.41) is 9.49. The van der Waals surface area contributed by atoms with E-state index in [1.165, 1.54) is 4.90 Å². The van der Waals surface area contributed by atoms with Gasteiger partial charge < -0.3 is 10.0 Å². The number of thioether (sulfide) groups is 1. The predicted octanol–water partition coefficient (Wildman–Crippen LogP) is 0.566. The molecule has 2 unspecified atom stereocenters. The smallest absolute Gasteiger partial charge is 0.329 e. The lowest BCUT2D eigenvalue weighted by Gasteiger charge is -2.49. The van der Waals surface area contributed by atoms with Gasteiger partial charge in [-0.25, -0.2) is 4.79 Å². The summed E-state index contributed by atoms with van der Waals surface area (Å²) in [6, 6.07) is 0. The van der Waals surface area contributed by atoms with Gasteiger partial charge in [-0.05, 0) is 20.3 Å². The molecule has 0 aromatic carbocycles. The molecule has 0 spiro atoms. The first kappa shape index (κ1) is 9.83. The Morgan fingerprint density at radius 3 is 2.64 bits per heavy atom. The second-order valence-electron chi connectivity index (χ2n) is 4.30. The van der Waals surface area contributed by atoms with Crippen molar-refractivity contribution in [3.05, 3.63) is 0 Å². The summed E-state index contributed by atoms with van der Waals surface area (Å²) >= 11 is 1.67. The molecule has 0 aliphatic carbocycles. The Kier molecular flexibility index (Phi) is 2.03. The molecular formula is C9H13NO3S. The number of fused-ring (bicyclic) bond motifs is 2. The fourth-order valence-corrected chi connectivity index (χ4v) is 3.06. The van der Waals surface area contributed by atoms with Crippen LogP contribution in [0.2, 0.25) is 0 Å². The van der Waals surface area contributed by atoms with Gasteiger partial charge in [0.05, 0.1) is 5.25 Å². The highest BCUT2D eigenvalue weighted by atomic mass is 32.2. The Bertz CT molecular complexity index is 296. The topological polar surface area (TPSA) is 57.6 Å². The van der Waals surface area contributed by atoms with E-state index in [1.807, 2.05) is 0 Å². The Labute approximate surface area is 86.6 Å². The van der Waals surface area contributed by atoms with E-state index >= 15 is 0 Å². The summed E-state index contributed by atoms with van der Waals surface area (Å²) < 4.78 is 0. The van der Waals surface area contributed by atoms with Gasteiger partial charge in [-0.2, -0.15) is 0 Å². The van der Waals surface area contributed by atoms with E-state index in [-0.39, 0.29) is 11.2 Å². The van der Waals surface area contributed by atoms with E-state index in [0.29, 0.717) is 11.8 Å². The largest absolute Gasteiger partial charge is 0.480 e. The molecule has 1 amide bonds. The van der Waals surface area contributed by atoms with E-state index in [1.54, 1.807) is 25.6 Å². The van der Waals surface area contributed by atoms with Crippen LogP contribution in [-0.4, -0.2) is 44.5 Å². The maximum atomic E-state index is 11.8. The van der Waals surface area contributed by atoms with Crippen molar-refractivity contribution in [2.24, 2.45) is 0 Å². The van der Waals surface area contributed by atoms with Crippen LogP contribution in [0.25, 0.3) is 0 Å². The number of hydrogen-bond donors (Lipinski definition) is 1. The average Bonchev–Trinajstić information content (AvgIpc) is 2.01. The Balaban J connectivity index is 2.19. The maximum Gasteiger partial charge on any atom is 0.329 e. The zero-order valence-corrected chi connectivity index (χ0v) is 9.00. The van der Waals surface area contributed by atoms with E-state index in [2.05, 4.69) is 0 Å². The normalized spacial score (nSPS) is 31.3. The molecule has 0 aromatic heterocycles. The molecule has 3 aliphatic heterocycles. The van der Waals surface area contributed by atoms with Gasteiger partial charge in [-0.15, -0.1) is 11.8 Å². The van der Waals surface area contributed by atoms with Crippen LogP contribution in [0.15, 0.2) is 0 Å². The maximum absolute atomic E-state index is 11.8. The predicted molar refractivity (Wildman–Crippen MR) is 53.2 cm³/mol. The third kappa shape index (κ3) is 1.22. The van der Waals surface area contributed by atoms with Gasteiger partial charge in [-0.1, -0.05) is 0 Å². The standard InChI is InChI=1S/C9H13NO3S/c1-9(2,8(12)13)10-4-5-3-6(14-5)7(10)11/h5-6H,3-4H2,1-2H3,(H,12,13). The first-order valence-corrected chi connectivity index (χ1v) is 5.57. The van der Waals surface area contributed by atoms with Gasteiger partial charge in [0.2, 0.25) is 5.91 Å². The van der Waals surface area contributed by atoms with Gasteiger partial charge in [0, 0.05) is 11.8 Å². The van der Waals surface area contributed by atoms with Crippen molar-refractivity contribution >= 4 is 23.6 Å². The number of rotatable bonds is 2. The molecule has 14 heavy (non-hydrogen) atoms. The molecule has 4 nitrogen and oxygen atoms in total. The number of amides is 1. The van der Waals surface area contributed by atoms with Gasteiger partial charge >= 0.3 is 5.97 Å². The summed E-state index contributed by atoms with van der Waals surface area (Å²) in [7, 11) is 0. The number of nitrogens with zero attached hydrogens (tertiary/aromatic N) is 1. The lowest BCUT2D eigenvalue weighted by atomic mass is 9.97. The molecule has 0 aromatic rings. The van der Waals surface area contributed by atoms with Crippen LogP contribution in [0.5, 0.6) is 0 Å². The van der Waals surface area contributed by atoms with Crippen LogP contribution >= 0.6 is 11.8 Å². The van der Waals surface area contributed by atoms with Crippen molar-refractivity contribution in [3.63, 3.8) is 0 Å². The summed E-state index contributed by atoms with van der Waals surface area (Å²) in [6.45, 7) is 3.75. The molecule has 3 aliphatic rings. The summed E-state index contributed by atoms with van der Waals surface area (Å²) in [5.41, 5.74) is -1.06. The molecule has 5 heteroatoms. The molecule has 78 valence electrons. The van der Waals surface area contributed by atoms with Gasteiger partial charge in [0.1, 0.15) is 5.54 Å². The first-order valence-electron chi connectivity index (χ1n) is 4.63. The van der Waals surface area contributed by atoms with Crippen molar-refractivity contribution in [1.82, 2.24) is 4.90 Å². The van der Waals surface area contributed by atoms with Gasteiger partial charge in [0.25, 0.3) is 0 Å². The minimum absolute atomic E-state index is 0.00935. The molecule has 3 saturated heterocycles. The third-order valence-electron chi connectivity index (χ3n) is 2.96. The quantitative estimate of drug-likeness (QED) is 0.731. The number of hydrogen-bond acceptors (Lipinski definition) is 3. The van der Waals surface area contributed by atoms with Crippen LogP contribution in [0.3, 0.4) is 0 Å². The first-order chi connectivity index (χ1) is 6.43. The summed E-state index contributed by atoms with van der Waals surface area (Å²) in [4.78, 5) is 24.2. The van der Waals surface area contributed by atoms with E-state index in [0.717, 1.165) is 6.42 Å². The average molecular weight is 215 g/mol. The zero-order valence-electron chi connectivity index (χ0n) is 8.19. The highest BCUT2D eigenvalue weighted by Gasteiger charge is 2.50. The number of carboxylic acid groups (broad SMARTS) is 1. The minimum atomic E-state index is -1.06.